The molecule has 0 saturated carbocycles. The van der Waals surface area contributed by atoms with E-state index in [2.05, 4.69) is 27.0 Å². The van der Waals surface area contributed by atoms with Gasteiger partial charge in [-0.15, -0.1) is 0 Å². The summed E-state index contributed by atoms with van der Waals surface area (Å²) in [5, 5.41) is 8.97. The molecule has 0 atom stereocenters. The van der Waals surface area contributed by atoms with Crippen LogP contribution in [0.5, 0.6) is 5.75 Å². The molecular formula is C14H12BrN3O2. The van der Waals surface area contributed by atoms with E-state index in [1.165, 1.54) is 10.8 Å². The van der Waals surface area contributed by atoms with Gasteiger partial charge in [0.15, 0.2) is 0 Å². The quantitative estimate of drug-likeness (QED) is 0.863. The van der Waals surface area contributed by atoms with Gasteiger partial charge in [0.2, 0.25) is 0 Å². The molecule has 102 valence electrons. The van der Waals surface area contributed by atoms with Gasteiger partial charge in [0.1, 0.15) is 16.0 Å². The molecule has 0 N–H and O–H groups in total. The summed E-state index contributed by atoms with van der Waals surface area (Å²) in [4.78, 5) is 16.3. The lowest BCUT2D eigenvalue weighted by molar-refractivity contribution is 0.407. The van der Waals surface area contributed by atoms with Gasteiger partial charge in [-0.25, -0.2) is 4.98 Å². The van der Waals surface area contributed by atoms with Gasteiger partial charge in [0.25, 0.3) is 5.56 Å². The second-order valence-corrected chi connectivity index (χ2v) is 5.04. The van der Waals surface area contributed by atoms with Gasteiger partial charge in [-0.2, -0.15) is 5.26 Å². The first kappa shape index (κ1) is 14.3. The van der Waals surface area contributed by atoms with Gasteiger partial charge in [-0.1, -0.05) is 0 Å². The Bertz CT molecular complexity index is 747. The lowest BCUT2D eigenvalue weighted by Gasteiger charge is -2.12. The summed E-state index contributed by atoms with van der Waals surface area (Å²) >= 11 is 3.18. The van der Waals surface area contributed by atoms with Gasteiger partial charge in [0.05, 0.1) is 25.3 Å². The molecule has 1 aromatic heterocycles. The zero-order valence-electron chi connectivity index (χ0n) is 11.1. The van der Waals surface area contributed by atoms with Crippen LogP contribution in [-0.2, 0) is 6.54 Å². The molecule has 20 heavy (non-hydrogen) atoms. The van der Waals surface area contributed by atoms with Crippen molar-refractivity contribution >= 4 is 15.9 Å². The van der Waals surface area contributed by atoms with Crippen LogP contribution in [0.3, 0.4) is 0 Å². The van der Waals surface area contributed by atoms with E-state index in [1.54, 1.807) is 32.2 Å². The van der Waals surface area contributed by atoms with Crippen LogP contribution < -0.4 is 10.3 Å². The van der Waals surface area contributed by atoms with Gasteiger partial charge >= 0.3 is 0 Å². The molecule has 2 aromatic rings. The van der Waals surface area contributed by atoms with Crippen molar-refractivity contribution in [3.63, 3.8) is 0 Å². The topological polar surface area (TPSA) is 67.9 Å². The van der Waals surface area contributed by atoms with E-state index in [-0.39, 0.29) is 5.56 Å². The fourth-order valence-corrected chi connectivity index (χ4v) is 2.20. The maximum atomic E-state index is 12.1. The molecule has 0 aliphatic carbocycles. The third kappa shape index (κ3) is 2.73. The van der Waals surface area contributed by atoms with Crippen molar-refractivity contribution in [2.24, 2.45) is 0 Å². The Morgan fingerprint density at radius 3 is 2.90 bits per heavy atom. The predicted molar refractivity (Wildman–Crippen MR) is 77.7 cm³/mol. The number of rotatable bonds is 3. The number of benzene rings is 1. The minimum Gasteiger partial charge on any atom is -0.496 e. The molecule has 0 aliphatic rings. The van der Waals surface area contributed by atoms with E-state index in [4.69, 9.17) is 10.00 Å². The fourth-order valence-electron chi connectivity index (χ4n) is 1.88. The highest BCUT2D eigenvalue weighted by Gasteiger charge is 2.10. The Labute approximate surface area is 124 Å². The van der Waals surface area contributed by atoms with Gasteiger partial charge in [-0.05, 0) is 41.1 Å². The molecular weight excluding hydrogens is 322 g/mol. The van der Waals surface area contributed by atoms with Crippen LogP contribution >= 0.6 is 15.9 Å². The first-order valence-corrected chi connectivity index (χ1v) is 6.65. The smallest absolute Gasteiger partial charge is 0.268 e. The average molecular weight is 334 g/mol. The summed E-state index contributed by atoms with van der Waals surface area (Å²) in [5.41, 5.74) is 1.12. The minimum atomic E-state index is -0.165. The lowest BCUT2D eigenvalue weighted by atomic mass is 10.1. The third-order valence-corrected chi connectivity index (χ3v) is 3.49. The monoisotopic (exact) mass is 333 g/mol. The van der Waals surface area contributed by atoms with Crippen LogP contribution in [0.1, 0.15) is 17.0 Å². The Morgan fingerprint density at radius 1 is 1.50 bits per heavy atom. The van der Waals surface area contributed by atoms with Crippen LogP contribution in [0.2, 0.25) is 0 Å². The number of aromatic nitrogens is 2. The highest BCUT2D eigenvalue weighted by atomic mass is 79.9. The number of halogens is 1. The van der Waals surface area contributed by atoms with Crippen molar-refractivity contribution in [2.75, 3.05) is 7.11 Å². The molecule has 2 rings (SSSR count). The first-order chi connectivity index (χ1) is 9.56. The summed E-state index contributed by atoms with van der Waals surface area (Å²) in [5.74, 6) is 1.23. The third-order valence-electron chi connectivity index (χ3n) is 2.94. The molecule has 6 heteroatoms. The molecule has 0 amide bonds. The minimum absolute atomic E-state index is 0.165. The van der Waals surface area contributed by atoms with E-state index in [0.717, 1.165) is 5.56 Å². The van der Waals surface area contributed by atoms with Crippen LogP contribution in [0.25, 0.3) is 0 Å². The zero-order chi connectivity index (χ0) is 14.7. The van der Waals surface area contributed by atoms with E-state index in [9.17, 15) is 4.79 Å². The van der Waals surface area contributed by atoms with Crippen LogP contribution in [-0.4, -0.2) is 16.7 Å². The van der Waals surface area contributed by atoms with E-state index in [1.807, 2.05) is 0 Å². The molecule has 0 saturated heterocycles. The maximum absolute atomic E-state index is 12.1. The van der Waals surface area contributed by atoms with Gasteiger partial charge in [0, 0.05) is 11.8 Å². The van der Waals surface area contributed by atoms with Crippen LogP contribution in [0.4, 0.5) is 0 Å². The Morgan fingerprint density at radius 2 is 2.25 bits per heavy atom. The molecule has 0 fully saturated rings. The maximum Gasteiger partial charge on any atom is 0.268 e. The van der Waals surface area contributed by atoms with Crippen molar-refractivity contribution in [3.8, 4) is 11.8 Å². The lowest BCUT2D eigenvalue weighted by Crippen LogP contribution is -2.24. The molecule has 1 heterocycles. The van der Waals surface area contributed by atoms with Crippen molar-refractivity contribution in [1.29, 1.82) is 5.26 Å². The molecule has 1 aromatic carbocycles. The highest BCUT2D eigenvalue weighted by molar-refractivity contribution is 9.10. The Hall–Kier alpha value is -2.13. The number of methoxy groups -OCH3 is 1. The summed E-state index contributed by atoms with van der Waals surface area (Å²) < 4.78 is 7.20. The van der Waals surface area contributed by atoms with E-state index in [0.29, 0.717) is 28.2 Å². The van der Waals surface area contributed by atoms with E-state index < -0.39 is 0 Å². The standard InChI is InChI=1S/C14H12BrN3O2/c1-9-17-7-12(15)14(19)18(9)8-11-5-10(6-16)3-4-13(11)20-2/h3-5,7H,8H2,1-2H3. The molecule has 0 unspecified atom stereocenters. The van der Waals surface area contributed by atoms with Crippen molar-refractivity contribution in [1.82, 2.24) is 9.55 Å². The van der Waals surface area contributed by atoms with Gasteiger partial charge < -0.3 is 4.74 Å². The fraction of sp³-hybridized carbons (Fsp3) is 0.214. The van der Waals surface area contributed by atoms with Crippen molar-refractivity contribution in [2.45, 2.75) is 13.5 Å². The second kappa shape index (κ2) is 5.88. The Balaban J connectivity index is 2.53. The predicted octanol–water partition coefficient (Wildman–Crippen LogP) is 2.24. The van der Waals surface area contributed by atoms with Crippen LogP contribution in [0.15, 0.2) is 33.7 Å². The summed E-state index contributed by atoms with van der Waals surface area (Å²) in [6.07, 6.45) is 1.48. The summed E-state index contributed by atoms with van der Waals surface area (Å²) in [7, 11) is 1.56. The molecule has 0 radical (unpaired) electrons. The average Bonchev–Trinajstić information content (AvgIpc) is 2.47. The first-order valence-electron chi connectivity index (χ1n) is 5.85. The summed E-state index contributed by atoms with van der Waals surface area (Å²) in [6.45, 7) is 2.06. The number of ether oxygens (including phenoxy) is 1. The largest absolute Gasteiger partial charge is 0.496 e. The van der Waals surface area contributed by atoms with Crippen molar-refractivity contribution < 1.29 is 4.74 Å². The normalized spacial score (nSPS) is 10.1. The number of hydrogen-bond donors (Lipinski definition) is 0. The zero-order valence-corrected chi connectivity index (χ0v) is 12.6. The SMILES string of the molecule is COc1ccc(C#N)cc1Cn1c(C)ncc(Br)c1=O. The number of nitriles is 1. The highest BCUT2D eigenvalue weighted by Crippen LogP contribution is 2.20. The van der Waals surface area contributed by atoms with Crippen molar-refractivity contribution in [3.05, 3.63) is 56.2 Å². The number of hydrogen-bond acceptors (Lipinski definition) is 4. The van der Waals surface area contributed by atoms with E-state index >= 15 is 0 Å². The summed E-state index contributed by atoms with van der Waals surface area (Å²) in [6, 6.07) is 7.19. The molecule has 0 aliphatic heterocycles. The second-order valence-electron chi connectivity index (χ2n) is 4.18. The van der Waals surface area contributed by atoms with Gasteiger partial charge in [-0.3, -0.25) is 9.36 Å². The molecule has 0 bridgehead atoms. The molecule has 5 nitrogen and oxygen atoms in total. The number of nitrogens with zero attached hydrogens (tertiary/aromatic N) is 3. The molecule has 0 spiro atoms. The number of aryl methyl sites for hydroxylation is 1. The Kier molecular flexibility index (Phi) is 4.20. The van der Waals surface area contributed by atoms with Crippen LogP contribution in [0, 0.1) is 18.3 Å².